The van der Waals surface area contributed by atoms with Crippen molar-refractivity contribution in [2.24, 2.45) is 0 Å². The van der Waals surface area contributed by atoms with E-state index in [-0.39, 0.29) is 0 Å². The third-order valence-electron chi connectivity index (χ3n) is 0.922. The van der Waals surface area contributed by atoms with Crippen LogP contribution in [0.15, 0.2) is 0 Å². The molecule has 0 aromatic heterocycles. The van der Waals surface area contributed by atoms with Crippen molar-refractivity contribution in [1.29, 1.82) is 0 Å². The predicted molar refractivity (Wildman–Crippen MR) is 33.7 cm³/mol. The van der Waals surface area contributed by atoms with Gasteiger partial charge < -0.3 is 4.84 Å². The fourth-order valence-corrected chi connectivity index (χ4v) is 0.244. The molecular formula is C4H7N2O5. The Labute approximate surface area is 62.2 Å². The minimum absolute atomic E-state index is 0.646. The van der Waals surface area contributed by atoms with Gasteiger partial charge >= 0.3 is 0 Å². The molecule has 11 heavy (non-hydrogen) atoms. The van der Waals surface area contributed by atoms with Crippen LogP contribution in [0.25, 0.3) is 0 Å². The van der Waals surface area contributed by atoms with Gasteiger partial charge in [-0.25, -0.2) is 0 Å². The molecule has 0 aromatic carbocycles. The Balaban J connectivity index is 3.92. The highest BCUT2D eigenvalue weighted by molar-refractivity contribution is 4.74. The topological polar surface area (TPSA) is 95.5 Å². The Hall–Kier alpha value is -1.40. The number of hydrogen-bond acceptors (Lipinski definition) is 5. The number of nitrogens with zero attached hydrogens (tertiary/aromatic N) is 2. The summed E-state index contributed by atoms with van der Waals surface area (Å²) in [6, 6.07) is 0. The largest absolute Gasteiger partial charge is 0.306 e. The monoisotopic (exact) mass is 163 g/mol. The molecule has 0 aliphatic rings. The second kappa shape index (κ2) is 3.13. The SMILES string of the molecule is [CH2]C(C)(CO[N+](=O)[O-])[N+](=O)[O-]. The molecule has 0 rings (SSSR count). The molecule has 0 amide bonds. The fraction of sp³-hybridized carbons (Fsp3) is 0.750. The molecule has 0 aliphatic heterocycles. The highest BCUT2D eigenvalue weighted by Crippen LogP contribution is 2.06. The van der Waals surface area contributed by atoms with Crippen LogP contribution in [0.1, 0.15) is 6.92 Å². The molecule has 0 saturated carbocycles. The van der Waals surface area contributed by atoms with Gasteiger partial charge in [0.15, 0.2) is 6.61 Å². The lowest BCUT2D eigenvalue weighted by Crippen LogP contribution is -2.37. The highest BCUT2D eigenvalue weighted by atomic mass is 17.0. The first-order chi connectivity index (χ1) is 4.86. The molecule has 1 unspecified atom stereocenters. The maximum absolute atomic E-state index is 10.1. The molecule has 7 nitrogen and oxygen atoms in total. The van der Waals surface area contributed by atoms with Gasteiger partial charge in [-0.1, -0.05) is 0 Å². The summed E-state index contributed by atoms with van der Waals surface area (Å²) >= 11 is 0. The Morgan fingerprint density at radius 3 is 2.27 bits per heavy atom. The van der Waals surface area contributed by atoms with Gasteiger partial charge in [0.05, 0.1) is 0 Å². The average molecular weight is 163 g/mol. The van der Waals surface area contributed by atoms with Gasteiger partial charge in [0.1, 0.15) is 0 Å². The van der Waals surface area contributed by atoms with Crippen molar-refractivity contribution in [3.8, 4) is 0 Å². The molecular weight excluding hydrogens is 156 g/mol. The lowest BCUT2D eigenvalue weighted by atomic mass is 10.1. The van der Waals surface area contributed by atoms with Gasteiger partial charge in [0.2, 0.25) is 5.54 Å². The summed E-state index contributed by atoms with van der Waals surface area (Å²) in [5, 5.41) is 18.6. The van der Waals surface area contributed by atoms with Crippen LogP contribution in [0.3, 0.4) is 0 Å². The van der Waals surface area contributed by atoms with Crippen molar-refractivity contribution in [3.05, 3.63) is 27.2 Å². The minimum Gasteiger partial charge on any atom is -0.306 e. The molecule has 0 spiro atoms. The van der Waals surface area contributed by atoms with E-state index in [1.165, 1.54) is 0 Å². The maximum Gasteiger partial charge on any atom is 0.294 e. The third kappa shape index (κ3) is 3.33. The quantitative estimate of drug-likeness (QED) is 0.431. The zero-order chi connectivity index (χ0) is 9.07. The first-order valence-electron chi connectivity index (χ1n) is 2.63. The molecule has 7 heteroatoms. The summed E-state index contributed by atoms with van der Waals surface area (Å²) in [4.78, 5) is 22.7. The number of hydrogen-bond donors (Lipinski definition) is 0. The Morgan fingerprint density at radius 2 is 2.00 bits per heavy atom. The zero-order valence-corrected chi connectivity index (χ0v) is 5.85. The van der Waals surface area contributed by atoms with Crippen molar-refractivity contribution in [2.75, 3.05) is 6.61 Å². The van der Waals surface area contributed by atoms with E-state index in [0.717, 1.165) is 6.92 Å². The standard InChI is InChI=1S/C4H7N2O5/c1-4(2,5(7)8)3-11-6(9)10/h1,3H2,2H3. The van der Waals surface area contributed by atoms with Crippen LogP contribution < -0.4 is 0 Å². The first kappa shape index (κ1) is 9.60. The van der Waals surface area contributed by atoms with E-state index in [4.69, 9.17) is 0 Å². The van der Waals surface area contributed by atoms with E-state index in [1.807, 2.05) is 0 Å². The van der Waals surface area contributed by atoms with E-state index >= 15 is 0 Å². The lowest BCUT2D eigenvalue weighted by Gasteiger charge is -2.12. The second-order valence-corrected chi connectivity index (χ2v) is 2.25. The van der Waals surface area contributed by atoms with Crippen LogP contribution in [0.4, 0.5) is 0 Å². The van der Waals surface area contributed by atoms with E-state index in [1.54, 1.807) is 0 Å². The second-order valence-electron chi connectivity index (χ2n) is 2.25. The van der Waals surface area contributed by atoms with Crippen LogP contribution in [-0.2, 0) is 4.84 Å². The van der Waals surface area contributed by atoms with Crippen molar-refractivity contribution >= 4 is 0 Å². The van der Waals surface area contributed by atoms with E-state index < -0.39 is 22.2 Å². The summed E-state index contributed by atoms with van der Waals surface area (Å²) in [6.07, 6.45) is 0. The lowest BCUT2D eigenvalue weighted by molar-refractivity contribution is -0.768. The molecule has 0 saturated heterocycles. The molecule has 1 atom stereocenters. The summed E-state index contributed by atoms with van der Waals surface area (Å²) in [5.74, 6) is 0. The molecule has 0 heterocycles. The molecule has 0 fully saturated rings. The molecule has 0 aliphatic carbocycles. The van der Waals surface area contributed by atoms with Crippen molar-refractivity contribution in [1.82, 2.24) is 0 Å². The Kier molecular flexibility index (Phi) is 2.73. The fourth-order valence-electron chi connectivity index (χ4n) is 0.244. The van der Waals surface area contributed by atoms with Crippen LogP contribution in [0, 0.1) is 27.2 Å². The normalized spacial score (nSPS) is 10.7. The van der Waals surface area contributed by atoms with Crippen LogP contribution in [0.5, 0.6) is 0 Å². The summed E-state index contributed by atoms with van der Waals surface area (Å²) < 4.78 is 0. The minimum atomic E-state index is -1.66. The average Bonchev–Trinajstić information content (AvgIpc) is 1.84. The van der Waals surface area contributed by atoms with Crippen molar-refractivity contribution < 1.29 is 14.8 Å². The van der Waals surface area contributed by atoms with Crippen LogP contribution in [0.2, 0.25) is 0 Å². The van der Waals surface area contributed by atoms with E-state index in [9.17, 15) is 20.2 Å². The summed E-state index contributed by atoms with van der Waals surface area (Å²) in [7, 11) is 0. The predicted octanol–water partition coefficient (Wildman–Crippen LogP) is 0.0642. The smallest absolute Gasteiger partial charge is 0.294 e. The molecule has 63 valence electrons. The first-order valence-corrected chi connectivity index (χ1v) is 2.63. The number of nitro groups is 1. The molecule has 0 aromatic rings. The van der Waals surface area contributed by atoms with E-state index in [0.29, 0.717) is 0 Å². The van der Waals surface area contributed by atoms with Crippen molar-refractivity contribution in [2.45, 2.75) is 12.5 Å². The highest BCUT2D eigenvalue weighted by Gasteiger charge is 2.32. The van der Waals surface area contributed by atoms with Gasteiger partial charge in [0, 0.05) is 18.8 Å². The van der Waals surface area contributed by atoms with Crippen molar-refractivity contribution in [3.63, 3.8) is 0 Å². The molecule has 0 N–H and O–H groups in total. The van der Waals surface area contributed by atoms with E-state index in [2.05, 4.69) is 11.8 Å². The van der Waals surface area contributed by atoms with Gasteiger partial charge in [-0.15, -0.1) is 10.1 Å². The van der Waals surface area contributed by atoms with Gasteiger partial charge in [0.25, 0.3) is 5.09 Å². The van der Waals surface area contributed by atoms with Gasteiger partial charge in [-0.3, -0.25) is 10.1 Å². The maximum atomic E-state index is 10.1. The third-order valence-corrected chi connectivity index (χ3v) is 0.922. The number of rotatable bonds is 4. The van der Waals surface area contributed by atoms with Gasteiger partial charge in [-0.05, 0) is 0 Å². The molecule has 0 bridgehead atoms. The summed E-state index contributed by atoms with van der Waals surface area (Å²) in [5.41, 5.74) is -1.66. The molecule has 1 radical (unpaired) electrons. The van der Waals surface area contributed by atoms with Crippen LogP contribution >= 0.6 is 0 Å². The summed E-state index contributed by atoms with van der Waals surface area (Å²) in [6.45, 7) is 3.60. The zero-order valence-electron chi connectivity index (χ0n) is 5.85. The Morgan fingerprint density at radius 1 is 1.55 bits per heavy atom. The Bertz CT molecular complexity index is 177. The van der Waals surface area contributed by atoms with Crippen LogP contribution in [-0.4, -0.2) is 22.2 Å². The van der Waals surface area contributed by atoms with Gasteiger partial charge in [-0.2, -0.15) is 0 Å².